The molecule has 0 aliphatic carbocycles. The minimum atomic E-state index is -1.39. The highest BCUT2D eigenvalue weighted by atomic mass is 16.6. The molecular weight excluding hydrogens is 290 g/mol. The number of nitrogens with one attached hydrogen (secondary N) is 1. The molecule has 7 heteroatoms. The fourth-order valence-electron chi connectivity index (χ4n) is 1.75. The molecule has 0 radical (unpaired) electrons. The number of aliphatic hydroxyl groups excluding tert-OH is 2. The number of aliphatic hydroxyl groups is 2. The second-order valence-corrected chi connectivity index (χ2v) is 5.83. The molecule has 2 unspecified atom stereocenters. The standard InChI is InChI=1S/C15H21NO6/c1-15(2,3)22-14(21)16-7-12(19)13(20)11-5-4-10(18)6-9(11)8-17/h4-6,8,12-13,18-20H,7H2,1-3H3,(H,16,21). The third-order valence-corrected chi connectivity index (χ3v) is 2.73. The molecule has 0 bridgehead atoms. The van der Waals surface area contributed by atoms with E-state index in [0.717, 1.165) is 0 Å². The van der Waals surface area contributed by atoms with E-state index >= 15 is 0 Å². The summed E-state index contributed by atoms with van der Waals surface area (Å²) in [4.78, 5) is 22.4. The second kappa shape index (κ2) is 7.24. The number of benzene rings is 1. The minimum Gasteiger partial charge on any atom is -0.508 e. The number of aromatic hydroxyl groups is 1. The van der Waals surface area contributed by atoms with E-state index in [1.807, 2.05) is 0 Å². The highest BCUT2D eigenvalue weighted by molar-refractivity contribution is 5.78. The number of rotatable bonds is 5. The van der Waals surface area contributed by atoms with Crippen molar-refractivity contribution in [2.24, 2.45) is 0 Å². The number of alkyl carbamates (subject to hydrolysis) is 1. The Balaban J connectivity index is 2.68. The molecule has 1 rings (SSSR count). The van der Waals surface area contributed by atoms with Gasteiger partial charge in [0.05, 0.1) is 0 Å². The Bertz CT molecular complexity index is 537. The van der Waals surface area contributed by atoms with Crippen molar-refractivity contribution in [3.63, 3.8) is 0 Å². The quantitative estimate of drug-likeness (QED) is 0.606. The molecule has 0 aliphatic heterocycles. The van der Waals surface area contributed by atoms with Crippen LogP contribution < -0.4 is 5.32 Å². The fourth-order valence-corrected chi connectivity index (χ4v) is 1.75. The highest BCUT2D eigenvalue weighted by Crippen LogP contribution is 2.23. The van der Waals surface area contributed by atoms with Gasteiger partial charge in [0.15, 0.2) is 6.29 Å². The first-order valence-corrected chi connectivity index (χ1v) is 6.75. The molecular formula is C15H21NO6. The molecule has 1 aromatic carbocycles. The molecule has 1 aromatic rings. The zero-order chi connectivity index (χ0) is 16.9. The number of aldehydes is 1. The van der Waals surface area contributed by atoms with Crippen LogP contribution in [0.4, 0.5) is 4.79 Å². The van der Waals surface area contributed by atoms with E-state index in [0.29, 0.717) is 6.29 Å². The van der Waals surface area contributed by atoms with Crippen LogP contribution in [0.3, 0.4) is 0 Å². The van der Waals surface area contributed by atoms with Crippen LogP contribution in [-0.2, 0) is 4.74 Å². The lowest BCUT2D eigenvalue weighted by Crippen LogP contribution is -2.39. The van der Waals surface area contributed by atoms with Crippen LogP contribution in [-0.4, -0.2) is 45.9 Å². The van der Waals surface area contributed by atoms with Crippen LogP contribution in [0, 0.1) is 0 Å². The zero-order valence-corrected chi connectivity index (χ0v) is 12.7. The maximum atomic E-state index is 11.5. The van der Waals surface area contributed by atoms with Crippen molar-refractivity contribution in [2.75, 3.05) is 6.54 Å². The number of hydrogen-bond acceptors (Lipinski definition) is 6. The van der Waals surface area contributed by atoms with Gasteiger partial charge in [0.1, 0.15) is 23.6 Å². The Hall–Kier alpha value is -2.12. The van der Waals surface area contributed by atoms with Crippen LogP contribution in [0.15, 0.2) is 18.2 Å². The van der Waals surface area contributed by atoms with Gasteiger partial charge < -0.3 is 25.4 Å². The van der Waals surface area contributed by atoms with Gasteiger partial charge in [0.2, 0.25) is 0 Å². The summed E-state index contributed by atoms with van der Waals surface area (Å²) in [6, 6.07) is 3.81. The third kappa shape index (κ3) is 5.34. The molecule has 22 heavy (non-hydrogen) atoms. The summed E-state index contributed by atoms with van der Waals surface area (Å²) in [6.07, 6.45) is -2.99. The maximum Gasteiger partial charge on any atom is 0.407 e. The van der Waals surface area contributed by atoms with Crippen LogP contribution in [0.5, 0.6) is 5.75 Å². The van der Waals surface area contributed by atoms with Gasteiger partial charge in [-0.25, -0.2) is 4.79 Å². The molecule has 7 nitrogen and oxygen atoms in total. The summed E-state index contributed by atoms with van der Waals surface area (Å²) in [5.74, 6) is -0.126. The summed E-state index contributed by atoms with van der Waals surface area (Å²) < 4.78 is 5.00. The molecule has 2 atom stereocenters. The first-order valence-electron chi connectivity index (χ1n) is 6.75. The molecule has 0 heterocycles. The first kappa shape index (κ1) is 17.9. The second-order valence-electron chi connectivity index (χ2n) is 5.83. The Morgan fingerprint density at radius 2 is 2.00 bits per heavy atom. The van der Waals surface area contributed by atoms with Crippen molar-refractivity contribution in [3.8, 4) is 5.75 Å². The summed E-state index contributed by atoms with van der Waals surface area (Å²) in [5.41, 5.74) is -0.454. The minimum absolute atomic E-state index is 0.0591. The molecule has 0 aromatic heterocycles. The van der Waals surface area contributed by atoms with Gasteiger partial charge in [-0.05, 0) is 38.5 Å². The Labute approximate surface area is 128 Å². The van der Waals surface area contributed by atoms with E-state index in [4.69, 9.17) is 4.74 Å². The number of phenols is 1. The Morgan fingerprint density at radius 3 is 2.55 bits per heavy atom. The number of amides is 1. The summed E-state index contributed by atoms with van der Waals surface area (Å²) >= 11 is 0. The third-order valence-electron chi connectivity index (χ3n) is 2.73. The summed E-state index contributed by atoms with van der Waals surface area (Å²) in [6.45, 7) is 4.84. The topological polar surface area (TPSA) is 116 Å². The monoisotopic (exact) mass is 311 g/mol. The van der Waals surface area contributed by atoms with E-state index in [1.54, 1.807) is 20.8 Å². The summed E-state index contributed by atoms with van der Waals surface area (Å²) in [7, 11) is 0. The molecule has 0 fully saturated rings. The van der Waals surface area contributed by atoms with Gasteiger partial charge in [-0.15, -0.1) is 0 Å². The summed E-state index contributed by atoms with van der Waals surface area (Å²) in [5, 5.41) is 31.6. The lowest BCUT2D eigenvalue weighted by molar-refractivity contribution is 0.0126. The van der Waals surface area contributed by atoms with Gasteiger partial charge in [-0.1, -0.05) is 6.07 Å². The molecule has 0 spiro atoms. The van der Waals surface area contributed by atoms with Crippen molar-refractivity contribution in [2.45, 2.75) is 38.6 Å². The average Bonchev–Trinajstić information content (AvgIpc) is 2.42. The average molecular weight is 311 g/mol. The van der Waals surface area contributed by atoms with E-state index in [9.17, 15) is 24.9 Å². The number of carbonyl (C=O) groups is 2. The van der Waals surface area contributed by atoms with Crippen molar-refractivity contribution < 1.29 is 29.6 Å². The van der Waals surface area contributed by atoms with Crippen molar-refractivity contribution >= 4 is 12.4 Å². The lowest BCUT2D eigenvalue weighted by atomic mass is 9.99. The normalized spacial score (nSPS) is 14.0. The molecule has 0 saturated carbocycles. The van der Waals surface area contributed by atoms with E-state index in [-0.39, 0.29) is 23.4 Å². The molecule has 122 valence electrons. The lowest BCUT2D eigenvalue weighted by Gasteiger charge is -2.22. The zero-order valence-electron chi connectivity index (χ0n) is 12.7. The fraction of sp³-hybridized carbons (Fsp3) is 0.467. The van der Waals surface area contributed by atoms with Gasteiger partial charge in [0, 0.05) is 12.1 Å². The largest absolute Gasteiger partial charge is 0.508 e. The predicted octanol–water partition coefficient (Wildman–Crippen LogP) is 1.12. The number of ether oxygens (including phenoxy) is 1. The number of phenolic OH excluding ortho intramolecular Hbond substituents is 1. The van der Waals surface area contributed by atoms with Crippen molar-refractivity contribution in [1.29, 1.82) is 0 Å². The molecule has 1 amide bonds. The number of carbonyl (C=O) groups excluding carboxylic acids is 2. The molecule has 4 N–H and O–H groups in total. The number of hydrogen-bond donors (Lipinski definition) is 4. The first-order chi connectivity index (χ1) is 10.1. The van der Waals surface area contributed by atoms with Crippen molar-refractivity contribution in [3.05, 3.63) is 29.3 Å². The SMILES string of the molecule is CC(C)(C)OC(=O)NCC(O)C(O)c1ccc(O)cc1C=O. The maximum absolute atomic E-state index is 11.5. The van der Waals surface area contributed by atoms with Gasteiger partial charge in [0.25, 0.3) is 0 Å². The van der Waals surface area contributed by atoms with Gasteiger partial charge >= 0.3 is 6.09 Å². The van der Waals surface area contributed by atoms with Crippen LogP contribution in [0.1, 0.15) is 42.8 Å². The Morgan fingerprint density at radius 1 is 1.36 bits per heavy atom. The van der Waals surface area contributed by atoms with Crippen molar-refractivity contribution in [1.82, 2.24) is 5.32 Å². The van der Waals surface area contributed by atoms with E-state index in [2.05, 4.69) is 5.32 Å². The van der Waals surface area contributed by atoms with E-state index in [1.165, 1.54) is 18.2 Å². The van der Waals surface area contributed by atoms with Crippen LogP contribution >= 0.6 is 0 Å². The Kier molecular flexibility index (Phi) is 5.90. The predicted molar refractivity (Wildman–Crippen MR) is 78.7 cm³/mol. The molecule has 0 saturated heterocycles. The van der Waals surface area contributed by atoms with E-state index < -0.39 is 23.9 Å². The van der Waals surface area contributed by atoms with Crippen LogP contribution in [0.2, 0.25) is 0 Å². The van der Waals surface area contributed by atoms with Gasteiger partial charge in [-0.2, -0.15) is 0 Å². The smallest absolute Gasteiger partial charge is 0.407 e. The highest BCUT2D eigenvalue weighted by Gasteiger charge is 2.23. The van der Waals surface area contributed by atoms with Crippen LogP contribution in [0.25, 0.3) is 0 Å². The molecule has 0 aliphatic rings. The van der Waals surface area contributed by atoms with Gasteiger partial charge in [-0.3, -0.25) is 4.79 Å².